The monoisotopic (exact) mass is 1040 g/mol. The molecule has 0 aromatic carbocycles. The first-order chi connectivity index (χ1) is 34.5. The third-order valence-corrected chi connectivity index (χ3v) is 19.3. The summed E-state index contributed by atoms with van der Waals surface area (Å²) in [5.74, 6) is -4.79. The Morgan fingerprint density at radius 2 is 1.16 bits per heavy atom. The molecule has 0 bridgehead atoms. The molecule has 19 nitrogen and oxygen atoms in total. The van der Waals surface area contributed by atoms with Gasteiger partial charge in [-0.15, -0.1) is 0 Å². The van der Waals surface area contributed by atoms with E-state index in [1.807, 2.05) is 0 Å². The minimum atomic E-state index is -1.60. The van der Waals surface area contributed by atoms with E-state index in [4.69, 9.17) is 52.1 Å². The zero-order valence-corrected chi connectivity index (χ0v) is 45.6. The average molecular weight is 1050 g/mol. The molecule has 0 amide bonds. The Morgan fingerprint density at radius 1 is 0.554 bits per heavy atom. The maximum absolute atomic E-state index is 14.1. The predicted octanol–water partition coefficient (Wildman–Crippen LogP) is 6.81. The molecule has 5 aliphatic carbocycles. The Kier molecular flexibility index (Phi) is 16.6. The first-order valence-electron chi connectivity index (χ1n) is 26.5. The van der Waals surface area contributed by atoms with E-state index in [0.29, 0.717) is 25.7 Å². The van der Waals surface area contributed by atoms with Crippen LogP contribution in [-0.4, -0.2) is 122 Å². The minimum Gasteiger partial charge on any atom is -0.465 e. The smallest absolute Gasteiger partial charge is 0.320 e. The summed E-state index contributed by atoms with van der Waals surface area (Å²) < 4.78 is 66.4. The van der Waals surface area contributed by atoms with E-state index in [9.17, 15) is 38.4 Å². The van der Waals surface area contributed by atoms with Crippen LogP contribution < -0.4 is 0 Å². The lowest BCUT2D eigenvalue weighted by Crippen LogP contribution is -2.68. The molecule has 0 radical (unpaired) electrons. The second kappa shape index (κ2) is 21.5. The van der Waals surface area contributed by atoms with Gasteiger partial charge in [-0.1, -0.05) is 39.8 Å². The Labute approximate surface area is 434 Å². The summed E-state index contributed by atoms with van der Waals surface area (Å²) in [5, 5.41) is 0. The number of fused-ring (bicyclic) bond motifs is 7. The van der Waals surface area contributed by atoms with Crippen LogP contribution in [0, 0.1) is 56.7 Å². The maximum Gasteiger partial charge on any atom is 0.320 e. The molecule has 414 valence electrons. The van der Waals surface area contributed by atoms with Gasteiger partial charge < -0.3 is 52.1 Å². The van der Waals surface area contributed by atoms with Crippen molar-refractivity contribution in [1.82, 2.24) is 0 Å². The number of hydrogen-bond donors (Lipinski definition) is 0. The van der Waals surface area contributed by atoms with Crippen LogP contribution in [0.5, 0.6) is 0 Å². The van der Waals surface area contributed by atoms with Crippen LogP contribution in [0.1, 0.15) is 154 Å². The zero-order valence-electron chi connectivity index (χ0n) is 45.6. The molecule has 74 heavy (non-hydrogen) atoms. The summed E-state index contributed by atoms with van der Waals surface area (Å²) in [7, 11) is 0. The third kappa shape index (κ3) is 10.4. The lowest BCUT2D eigenvalue weighted by molar-refractivity contribution is -0.367. The van der Waals surface area contributed by atoms with Gasteiger partial charge in [-0.3, -0.25) is 38.4 Å². The summed E-state index contributed by atoms with van der Waals surface area (Å²) in [4.78, 5) is 102. The average Bonchev–Trinajstić information content (AvgIpc) is 3.69. The van der Waals surface area contributed by atoms with Crippen LogP contribution >= 0.6 is 0 Å². The summed E-state index contributed by atoms with van der Waals surface area (Å²) in [6, 6.07) is 0. The summed E-state index contributed by atoms with van der Waals surface area (Å²) >= 11 is 0. The van der Waals surface area contributed by atoms with Crippen molar-refractivity contribution in [2.75, 3.05) is 13.2 Å². The van der Waals surface area contributed by atoms with E-state index in [0.717, 1.165) is 64.9 Å². The normalized spacial score (nSPS) is 43.3. The fourth-order valence-electron chi connectivity index (χ4n) is 16.2. The van der Waals surface area contributed by atoms with Crippen molar-refractivity contribution in [3.05, 3.63) is 12.2 Å². The van der Waals surface area contributed by atoms with E-state index in [1.165, 1.54) is 27.7 Å². The second-order valence-electron chi connectivity index (χ2n) is 23.6. The molecule has 2 heterocycles. The summed E-state index contributed by atoms with van der Waals surface area (Å²) in [6.45, 7) is 25.5. The quantitative estimate of drug-likeness (QED) is 0.0605. The fraction of sp³-hybridized carbons (Fsp3) is 0.818. The number of ether oxygens (including phenoxy) is 11. The number of carbonyl (C=O) groups is 8. The van der Waals surface area contributed by atoms with Crippen LogP contribution in [0.15, 0.2) is 12.2 Å². The highest BCUT2D eigenvalue weighted by molar-refractivity contribution is 5.88. The van der Waals surface area contributed by atoms with Crippen molar-refractivity contribution in [1.29, 1.82) is 0 Å². The number of carbonyl (C=O) groups excluding carboxylic acids is 8. The first kappa shape index (κ1) is 57.2. The van der Waals surface area contributed by atoms with E-state index >= 15 is 0 Å². The van der Waals surface area contributed by atoms with Crippen LogP contribution in [0.3, 0.4) is 0 Å². The number of esters is 8. The van der Waals surface area contributed by atoms with Gasteiger partial charge in [-0.2, -0.15) is 0 Å². The number of hydrogen-bond acceptors (Lipinski definition) is 19. The van der Waals surface area contributed by atoms with Crippen LogP contribution in [0.25, 0.3) is 0 Å². The van der Waals surface area contributed by atoms with Gasteiger partial charge in [0.1, 0.15) is 0 Å². The van der Waals surface area contributed by atoms with Crippen molar-refractivity contribution >= 4 is 47.8 Å². The second-order valence-corrected chi connectivity index (χ2v) is 23.6. The predicted molar refractivity (Wildman–Crippen MR) is 258 cm³/mol. The van der Waals surface area contributed by atoms with Gasteiger partial charge in [0.2, 0.25) is 0 Å². The van der Waals surface area contributed by atoms with Crippen LogP contribution in [-0.2, 0) is 90.5 Å². The first-order valence-corrected chi connectivity index (χ1v) is 26.5. The standard InChI is InChI=1S/C55H80O19/c1-27(2)36-17-22-55(50(63)72-35(10)62)24-23-53(13)37(42(36)55)15-16-40-51(11)20-19-41(52(12,26-65-29(4)56)39(51)18-21-54(40,53)14)73-48-46(44(69-32(7)59)38(25-64-48)67-30(5)57)74-49-47(71-34(9)61)45(70-33(8)60)43(28(3)66-49)68-31(6)58/h28,36-49H,1,15-26H2,2-14H3/t28-,36?,37?,38-,39?,40?,41-,42?,43-,44-,45+,46+,47+,48-,49-,51-,52-,53+,54+,55-/m0/s1. The van der Waals surface area contributed by atoms with Gasteiger partial charge in [-0.25, -0.2) is 0 Å². The van der Waals surface area contributed by atoms with Gasteiger partial charge in [0.25, 0.3) is 0 Å². The molecule has 5 unspecified atom stereocenters. The van der Waals surface area contributed by atoms with Crippen molar-refractivity contribution in [2.45, 2.75) is 216 Å². The minimum absolute atomic E-state index is 0.000793. The van der Waals surface area contributed by atoms with Crippen LogP contribution in [0.4, 0.5) is 0 Å². The van der Waals surface area contributed by atoms with E-state index in [1.54, 1.807) is 6.92 Å². The van der Waals surface area contributed by atoms with E-state index < -0.39 is 120 Å². The Morgan fingerprint density at radius 3 is 1.76 bits per heavy atom. The Balaban J connectivity index is 1.24. The molecule has 0 aromatic rings. The van der Waals surface area contributed by atoms with Crippen LogP contribution in [0.2, 0.25) is 0 Å². The Bertz CT molecular complexity index is 2230. The topological polar surface area (TPSA) is 238 Å². The fourth-order valence-corrected chi connectivity index (χ4v) is 16.2. The lowest BCUT2D eigenvalue weighted by atomic mass is 9.32. The molecule has 19 heteroatoms. The molecule has 7 fully saturated rings. The largest absolute Gasteiger partial charge is 0.465 e. The molecule has 5 saturated carbocycles. The molecule has 7 rings (SSSR count). The van der Waals surface area contributed by atoms with Gasteiger partial charge >= 0.3 is 47.8 Å². The number of rotatable bonds is 13. The molecule has 2 saturated heterocycles. The maximum atomic E-state index is 14.1. The SMILES string of the molecule is C=C(C)C1CC[C@]2(C(=O)OC(C)=O)CC[C@]3(C)C(CCC4[C@@]5(C)CC[C@H](O[C@@H]6OC[C@H](OC(C)=O)[C@H](OC(C)=O)[C@H]6O[C@@H]6O[C@@H](C)[C@H](OC(C)=O)[C@@H](OC(C)=O)[C@H]6OC(C)=O)[C@@](C)(COC(C)=O)C5CC[C@]43C)C12. The Hall–Kier alpha value is -4.46. The van der Waals surface area contributed by atoms with Gasteiger partial charge in [-0.05, 0) is 124 Å². The van der Waals surface area contributed by atoms with Crippen molar-refractivity contribution in [2.24, 2.45) is 56.7 Å². The molecular formula is C55H80O19. The van der Waals surface area contributed by atoms with E-state index in [-0.39, 0.29) is 59.0 Å². The van der Waals surface area contributed by atoms with Crippen molar-refractivity contribution in [3.8, 4) is 0 Å². The third-order valence-electron chi connectivity index (χ3n) is 19.3. The van der Waals surface area contributed by atoms with Crippen molar-refractivity contribution in [3.63, 3.8) is 0 Å². The molecule has 0 aromatic heterocycles. The molecule has 20 atom stereocenters. The number of allylic oxidation sites excluding steroid dienone is 1. The highest BCUT2D eigenvalue weighted by Gasteiger charge is 2.73. The highest BCUT2D eigenvalue weighted by Crippen LogP contribution is 2.78. The van der Waals surface area contributed by atoms with E-state index in [2.05, 4.69) is 41.2 Å². The highest BCUT2D eigenvalue weighted by atomic mass is 16.8. The zero-order chi connectivity index (χ0) is 54.6. The van der Waals surface area contributed by atoms with Gasteiger partial charge in [0.05, 0.1) is 30.8 Å². The lowest BCUT2D eigenvalue weighted by Gasteiger charge is -2.73. The summed E-state index contributed by atoms with van der Waals surface area (Å²) in [5.41, 5.74) is -1.18. The molecule has 0 N–H and O–H groups in total. The van der Waals surface area contributed by atoms with Crippen molar-refractivity contribution < 1.29 is 90.5 Å². The molecule has 7 aliphatic rings. The molecular weight excluding hydrogens is 965 g/mol. The van der Waals surface area contributed by atoms with Gasteiger partial charge in [0.15, 0.2) is 49.2 Å². The van der Waals surface area contributed by atoms with Gasteiger partial charge in [0, 0.05) is 53.9 Å². The molecule has 0 spiro atoms. The summed E-state index contributed by atoms with van der Waals surface area (Å²) in [6.07, 6.45) is -5.53. The molecule has 2 aliphatic heterocycles.